The van der Waals surface area contributed by atoms with E-state index in [4.69, 9.17) is 17.3 Å². The zero-order valence-electron chi connectivity index (χ0n) is 10.0. The summed E-state index contributed by atoms with van der Waals surface area (Å²) in [5.41, 5.74) is 5.54. The molecule has 0 aliphatic rings. The molecule has 0 saturated heterocycles. The maximum Gasteiger partial charge on any atom is 0.330 e. The van der Waals surface area contributed by atoms with Gasteiger partial charge in [-0.2, -0.15) is 4.98 Å². The average Bonchev–Trinajstić information content (AvgIpc) is 2.83. The van der Waals surface area contributed by atoms with Gasteiger partial charge in [-0.15, -0.1) is 5.10 Å². The molecule has 8 nitrogen and oxygen atoms in total. The van der Waals surface area contributed by atoms with Crippen LogP contribution in [0.15, 0.2) is 24.3 Å². The fourth-order valence-corrected chi connectivity index (χ4v) is 1.80. The number of hydrogen-bond acceptors (Lipinski definition) is 5. The monoisotopic (exact) mass is 295 g/mol. The van der Waals surface area contributed by atoms with Crippen LogP contribution in [0.2, 0.25) is 5.02 Å². The van der Waals surface area contributed by atoms with Gasteiger partial charge in [0.1, 0.15) is 0 Å². The number of amides is 1. The fourth-order valence-electron chi connectivity index (χ4n) is 1.56. The first kappa shape index (κ1) is 13.8. The molecule has 20 heavy (non-hydrogen) atoms. The van der Waals surface area contributed by atoms with Gasteiger partial charge in [0, 0.05) is 10.6 Å². The number of nitrogens with one attached hydrogen (secondary N) is 2. The molecule has 5 N–H and O–H groups in total. The van der Waals surface area contributed by atoms with Gasteiger partial charge < -0.3 is 16.2 Å². The lowest BCUT2D eigenvalue weighted by Crippen LogP contribution is -2.34. The minimum Gasteiger partial charge on any atom is -0.479 e. The van der Waals surface area contributed by atoms with E-state index in [1.807, 2.05) is 0 Å². The number of benzene rings is 1. The van der Waals surface area contributed by atoms with Gasteiger partial charge in [0.2, 0.25) is 11.8 Å². The van der Waals surface area contributed by atoms with E-state index in [-0.39, 0.29) is 22.4 Å². The van der Waals surface area contributed by atoms with Crippen LogP contribution in [0.5, 0.6) is 0 Å². The Morgan fingerprint density at radius 2 is 2.10 bits per heavy atom. The number of halogens is 1. The molecule has 1 amide bonds. The van der Waals surface area contributed by atoms with Crippen LogP contribution in [0.1, 0.15) is 22.2 Å². The largest absolute Gasteiger partial charge is 0.479 e. The predicted octanol–water partition coefficient (Wildman–Crippen LogP) is 0.596. The Bertz CT molecular complexity index is 657. The highest BCUT2D eigenvalue weighted by Gasteiger charge is 2.25. The van der Waals surface area contributed by atoms with Crippen molar-refractivity contribution in [2.75, 3.05) is 5.73 Å². The molecular formula is C11H10ClN5O3. The van der Waals surface area contributed by atoms with E-state index >= 15 is 0 Å². The molecule has 1 aromatic carbocycles. The summed E-state index contributed by atoms with van der Waals surface area (Å²) in [6, 6.07) is 5.02. The molecule has 0 spiro atoms. The van der Waals surface area contributed by atoms with Crippen LogP contribution in [0, 0.1) is 0 Å². The number of aromatic amines is 1. The molecular weight excluding hydrogens is 286 g/mol. The normalized spacial score (nSPS) is 11.8. The average molecular weight is 296 g/mol. The minimum absolute atomic E-state index is 0.111. The van der Waals surface area contributed by atoms with Crippen LogP contribution in [0.4, 0.5) is 5.95 Å². The number of rotatable bonds is 4. The summed E-state index contributed by atoms with van der Waals surface area (Å²) >= 11 is 5.93. The summed E-state index contributed by atoms with van der Waals surface area (Å²) in [5, 5.41) is 17.5. The molecule has 1 atom stereocenters. The van der Waals surface area contributed by atoms with Gasteiger partial charge in [0.15, 0.2) is 6.04 Å². The van der Waals surface area contributed by atoms with Crippen molar-refractivity contribution in [2.45, 2.75) is 6.04 Å². The number of aliphatic carboxylic acids is 1. The summed E-state index contributed by atoms with van der Waals surface area (Å²) in [4.78, 5) is 26.7. The first-order valence-corrected chi connectivity index (χ1v) is 5.83. The number of nitrogen functional groups attached to an aromatic ring is 1. The van der Waals surface area contributed by atoms with Crippen LogP contribution in [-0.4, -0.2) is 32.2 Å². The lowest BCUT2D eigenvalue weighted by atomic mass is 10.1. The molecule has 0 radical (unpaired) electrons. The predicted molar refractivity (Wildman–Crippen MR) is 70.1 cm³/mol. The van der Waals surface area contributed by atoms with Gasteiger partial charge in [0.25, 0.3) is 5.91 Å². The third-order valence-corrected chi connectivity index (χ3v) is 2.80. The number of hydrogen-bond donors (Lipinski definition) is 4. The smallest absolute Gasteiger partial charge is 0.330 e. The highest BCUT2D eigenvalue weighted by Crippen LogP contribution is 2.23. The Morgan fingerprint density at radius 3 is 2.65 bits per heavy atom. The van der Waals surface area contributed by atoms with Gasteiger partial charge in [-0.1, -0.05) is 29.8 Å². The number of carboxylic acid groups (broad SMARTS) is 1. The Morgan fingerprint density at radius 1 is 1.40 bits per heavy atom. The second-order valence-electron chi connectivity index (χ2n) is 3.81. The lowest BCUT2D eigenvalue weighted by molar-refractivity contribution is -0.139. The summed E-state index contributed by atoms with van der Waals surface area (Å²) in [6.07, 6.45) is 0. The van der Waals surface area contributed by atoms with Crippen molar-refractivity contribution >= 4 is 29.4 Å². The van der Waals surface area contributed by atoms with Crippen molar-refractivity contribution in [3.8, 4) is 0 Å². The Kier molecular flexibility index (Phi) is 3.85. The van der Waals surface area contributed by atoms with Crippen molar-refractivity contribution in [3.05, 3.63) is 40.7 Å². The van der Waals surface area contributed by atoms with Crippen LogP contribution in [0.25, 0.3) is 0 Å². The first-order chi connectivity index (χ1) is 9.49. The molecule has 0 aliphatic carbocycles. The summed E-state index contributed by atoms with van der Waals surface area (Å²) in [7, 11) is 0. The number of aromatic nitrogens is 3. The van der Waals surface area contributed by atoms with E-state index in [0.717, 1.165) is 0 Å². The molecule has 1 heterocycles. The van der Waals surface area contributed by atoms with Gasteiger partial charge >= 0.3 is 5.97 Å². The van der Waals surface area contributed by atoms with Crippen LogP contribution in [-0.2, 0) is 4.79 Å². The Balaban J connectivity index is 2.25. The van der Waals surface area contributed by atoms with Crippen molar-refractivity contribution in [3.63, 3.8) is 0 Å². The highest BCUT2D eigenvalue weighted by atomic mass is 35.5. The first-order valence-electron chi connectivity index (χ1n) is 5.45. The second-order valence-corrected chi connectivity index (χ2v) is 4.22. The van der Waals surface area contributed by atoms with E-state index < -0.39 is 17.9 Å². The minimum atomic E-state index is -1.30. The van der Waals surface area contributed by atoms with Crippen molar-refractivity contribution < 1.29 is 14.7 Å². The number of carbonyl (C=O) groups excluding carboxylic acids is 1. The molecule has 0 saturated carbocycles. The van der Waals surface area contributed by atoms with Gasteiger partial charge in [0.05, 0.1) is 0 Å². The maximum absolute atomic E-state index is 11.9. The van der Waals surface area contributed by atoms with Crippen molar-refractivity contribution in [1.82, 2.24) is 20.5 Å². The molecule has 0 unspecified atom stereocenters. The fraction of sp³-hybridized carbons (Fsp3) is 0.0909. The standard InChI is InChI=1S/C11H10ClN5O3/c12-6-4-2-1-3-5(6)7(10(19)20)14-9(18)8-15-11(13)17-16-8/h1-4,7H,(H,14,18)(H,19,20)(H3,13,15,16,17)/t7-/m1/s1. The van der Waals surface area contributed by atoms with Crippen molar-refractivity contribution in [2.24, 2.45) is 0 Å². The summed E-state index contributed by atoms with van der Waals surface area (Å²) < 4.78 is 0. The number of carboxylic acids is 1. The van der Waals surface area contributed by atoms with Crippen LogP contribution < -0.4 is 11.1 Å². The number of carbonyl (C=O) groups is 2. The van der Waals surface area contributed by atoms with Crippen molar-refractivity contribution in [1.29, 1.82) is 0 Å². The van der Waals surface area contributed by atoms with Gasteiger partial charge in [-0.25, -0.2) is 4.79 Å². The van der Waals surface area contributed by atoms with E-state index in [9.17, 15) is 14.7 Å². The Hall–Kier alpha value is -2.61. The second kappa shape index (κ2) is 5.57. The number of nitrogens with two attached hydrogens (primary N) is 1. The van der Waals surface area contributed by atoms with E-state index in [1.54, 1.807) is 12.1 Å². The molecule has 1 aromatic heterocycles. The van der Waals surface area contributed by atoms with E-state index in [0.29, 0.717) is 0 Å². The van der Waals surface area contributed by atoms with Crippen LogP contribution in [0.3, 0.4) is 0 Å². The SMILES string of the molecule is Nc1n[nH]c(C(=O)N[C@@H](C(=O)O)c2ccccc2Cl)n1. The molecule has 0 aliphatic heterocycles. The number of H-pyrrole nitrogens is 1. The molecule has 2 aromatic rings. The number of nitrogens with zero attached hydrogens (tertiary/aromatic N) is 2. The van der Waals surface area contributed by atoms with Gasteiger partial charge in [-0.3, -0.25) is 9.89 Å². The Labute approximate surface area is 118 Å². The molecule has 0 bridgehead atoms. The lowest BCUT2D eigenvalue weighted by Gasteiger charge is -2.15. The van der Waals surface area contributed by atoms with E-state index in [1.165, 1.54) is 12.1 Å². The van der Waals surface area contributed by atoms with Crippen LogP contribution >= 0.6 is 11.6 Å². The molecule has 104 valence electrons. The third-order valence-electron chi connectivity index (χ3n) is 2.46. The molecule has 2 rings (SSSR count). The topological polar surface area (TPSA) is 134 Å². The summed E-state index contributed by atoms with van der Waals surface area (Å²) in [5.74, 6) is -2.29. The third kappa shape index (κ3) is 2.86. The highest BCUT2D eigenvalue weighted by molar-refractivity contribution is 6.31. The molecule has 9 heteroatoms. The quantitative estimate of drug-likeness (QED) is 0.652. The molecule has 0 fully saturated rings. The summed E-state index contributed by atoms with van der Waals surface area (Å²) in [6.45, 7) is 0. The zero-order valence-corrected chi connectivity index (χ0v) is 10.8. The van der Waals surface area contributed by atoms with Gasteiger partial charge in [-0.05, 0) is 6.07 Å². The zero-order chi connectivity index (χ0) is 14.7. The van der Waals surface area contributed by atoms with E-state index in [2.05, 4.69) is 20.5 Å². The maximum atomic E-state index is 11.9. The number of anilines is 1.